The molecule has 1 aromatic carbocycles. The second-order valence-corrected chi connectivity index (χ2v) is 5.49. The van der Waals surface area contributed by atoms with Crippen LogP contribution >= 0.6 is 15.9 Å². The third-order valence-electron chi connectivity index (χ3n) is 3.15. The van der Waals surface area contributed by atoms with Gasteiger partial charge in [0.1, 0.15) is 5.71 Å². The van der Waals surface area contributed by atoms with Gasteiger partial charge in [0.15, 0.2) is 0 Å². The maximum atomic E-state index is 12.1. The summed E-state index contributed by atoms with van der Waals surface area (Å²) in [6.07, 6.45) is 1.47. The standard InChI is InChI=1S/C14H16BrN3O2/c1-2-11(9-3-5-10(15)6-4-9)16-14(20)12-7-8-13(19)18-17-12/h3-6,11H,2,7-8H2,1H3,(H,16,20)(H,18,19). The van der Waals surface area contributed by atoms with Gasteiger partial charge >= 0.3 is 0 Å². The number of nitrogens with one attached hydrogen (secondary N) is 2. The lowest BCUT2D eigenvalue weighted by Gasteiger charge is -2.19. The van der Waals surface area contributed by atoms with Crippen molar-refractivity contribution in [1.29, 1.82) is 0 Å². The Balaban J connectivity index is 2.04. The number of benzene rings is 1. The molecule has 1 aromatic rings. The number of carbonyl (C=O) groups is 2. The van der Waals surface area contributed by atoms with Crippen molar-refractivity contribution in [3.8, 4) is 0 Å². The summed E-state index contributed by atoms with van der Waals surface area (Å²) in [6, 6.07) is 7.78. The minimum absolute atomic E-state index is 0.0593. The van der Waals surface area contributed by atoms with Crippen molar-refractivity contribution in [3.63, 3.8) is 0 Å². The first-order valence-electron chi connectivity index (χ1n) is 6.52. The monoisotopic (exact) mass is 337 g/mol. The fourth-order valence-electron chi connectivity index (χ4n) is 2.00. The fraction of sp³-hybridized carbons (Fsp3) is 0.357. The predicted molar refractivity (Wildman–Crippen MR) is 80.1 cm³/mol. The Bertz CT molecular complexity index is 540. The lowest BCUT2D eigenvalue weighted by atomic mass is 10.0. The van der Waals surface area contributed by atoms with Gasteiger partial charge in [0, 0.05) is 17.3 Å². The van der Waals surface area contributed by atoms with E-state index in [0.717, 1.165) is 16.5 Å². The van der Waals surface area contributed by atoms with Crippen molar-refractivity contribution in [2.45, 2.75) is 32.2 Å². The molecule has 0 bridgehead atoms. The maximum Gasteiger partial charge on any atom is 0.267 e. The summed E-state index contributed by atoms with van der Waals surface area (Å²) in [4.78, 5) is 23.1. The van der Waals surface area contributed by atoms with Crippen LogP contribution < -0.4 is 10.7 Å². The van der Waals surface area contributed by atoms with Crippen LogP contribution in [0.5, 0.6) is 0 Å². The molecule has 0 spiro atoms. The van der Waals surface area contributed by atoms with Crippen molar-refractivity contribution < 1.29 is 9.59 Å². The topological polar surface area (TPSA) is 70.6 Å². The molecule has 2 rings (SSSR count). The highest BCUT2D eigenvalue weighted by Gasteiger charge is 2.21. The molecule has 6 heteroatoms. The number of hydrogen-bond acceptors (Lipinski definition) is 3. The van der Waals surface area contributed by atoms with Crippen molar-refractivity contribution in [2.75, 3.05) is 0 Å². The number of amides is 2. The Kier molecular flexibility index (Phi) is 4.89. The molecule has 1 atom stereocenters. The summed E-state index contributed by atoms with van der Waals surface area (Å²) in [7, 11) is 0. The fourth-order valence-corrected chi connectivity index (χ4v) is 2.26. The molecule has 106 valence electrons. The molecule has 0 fully saturated rings. The summed E-state index contributed by atoms with van der Waals surface area (Å²) in [5.41, 5.74) is 3.75. The van der Waals surface area contributed by atoms with E-state index in [0.29, 0.717) is 18.6 Å². The Labute approximate surface area is 126 Å². The first kappa shape index (κ1) is 14.7. The van der Waals surface area contributed by atoms with E-state index in [2.05, 4.69) is 31.8 Å². The van der Waals surface area contributed by atoms with E-state index in [9.17, 15) is 9.59 Å². The Morgan fingerprint density at radius 2 is 2.10 bits per heavy atom. The Morgan fingerprint density at radius 3 is 2.65 bits per heavy atom. The van der Waals surface area contributed by atoms with Gasteiger partial charge in [-0.2, -0.15) is 5.10 Å². The van der Waals surface area contributed by atoms with Crippen molar-refractivity contribution in [3.05, 3.63) is 34.3 Å². The van der Waals surface area contributed by atoms with Gasteiger partial charge in [-0.15, -0.1) is 0 Å². The summed E-state index contributed by atoms with van der Waals surface area (Å²) in [5.74, 6) is -0.374. The second-order valence-electron chi connectivity index (χ2n) is 4.58. The summed E-state index contributed by atoms with van der Waals surface area (Å²) >= 11 is 3.39. The third kappa shape index (κ3) is 3.66. The Morgan fingerprint density at radius 1 is 1.40 bits per heavy atom. The zero-order valence-electron chi connectivity index (χ0n) is 11.1. The van der Waals surface area contributed by atoms with Crippen LogP contribution in [0.15, 0.2) is 33.8 Å². The largest absolute Gasteiger partial charge is 0.344 e. The molecule has 1 unspecified atom stereocenters. The lowest BCUT2D eigenvalue weighted by molar-refractivity contribution is -0.121. The number of rotatable bonds is 4. The van der Waals surface area contributed by atoms with Crippen molar-refractivity contribution in [1.82, 2.24) is 10.7 Å². The van der Waals surface area contributed by atoms with E-state index >= 15 is 0 Å². The van der Waals surface area contributed by atoms with Gasteiger partial charge in [0.25, 0.3) is 5.91 Å². The molecule has 1 aliphatic rings. The first-order valence-corrected chi connectivity index (χ1v) is 7.31. The molecule has 1 heterocycles. The van der Waals surface area contributed by atoms with Crippen LogP contribution in [-0.4, -0.2) is 17.5 Å². The van der Waals surface area contributed by atoms with Gasteiger partial charge in [0.2, 0.25) is 5.91 Å². The lowest BCUT2D eigenvalue weighted by Crippen LogP contribution is -2.38. The van der Waals surface area contributed by atoms with Gasteiger partial charge in [-0.25, -0.2) is 5.43 Å². The average Bonchev–Trinajstić information content (AvgIpc) is 2.46. The molecule has 0 radical (unpaired) electrons. The van der Waals surface area contributed by atoms with E-state index in [1.807, 2.05) is 31.2 Å². The van der Waals surface area contributed by atoms with Gasteiger partial charge in [0.05, 0.1) is 6.04 Å². The van der Waals surface area contributed by atoms with E-state index in [4.69, 9.17) is 0 Å². The molecule has 2 N–H and O–H groups in total. The number of hydrogen-bond donors (Lipinski definition) is 2. The van der Waals surface area contributed by atoms with Crippen LogP contribution in [0.4, 0.5) is 0 Å². The van der Waals surface area contributed by atoms with Crippen LogP contribution in [0, 0.1) is 0 Å². The van der Waals surface area contributed by atoms with E-state index < -0.39 is 0 Å². The van der Waals surface area contributed by atoms with Gasteiger partial charge in [-0.05, 0) is 24.1 Å². The SMILES string of the molecule is CCC(NC(=O)C1=NNC(=O)CC1)c1ccc(Br)cc1. The van der Waals surface area contributed by atoms with Gasteiger partial charge < -0.3 is 5.32 Å². The maximum absolute atomic E-state index is 12.1. The minimum Gasteiger partial charge on any atom is -0.344 e. The molecule has 1 aliphatic heterocycles. The number of halogens is 1. The van der Waals surface area contributed by atoms with Crippen LogP contribution in [0.1, 0.15) is 37.8 Å². The first-order chi connectivity index (χ1) is 9.60. The molecular weight excluding hydrogens is 322 g/mol. The van der Waals surface area contributed by atoms with Crippen LogP contribution in [-0.2, 0) is 9.59 Å². The zero-order valence-corrected chi connectivity index (χ0v) is 12.7. The summed E-state index contributed by atoms with van der Waals surface area (Å²) < 4.78 is 1.00. The summed E-state index contributed by atoms with van der Waals surface area (Å²) in [6.45, 7) is 2.01. The van der Waals surface area contributed by atoms with Crippen LogP contribution in [0.2, 0.25) is 0 Å². The quantitative estimate of drug-likeness (QED) is 0.884. The average molecular weight is 338 g/mol. The molecular formula is C14H16BrN3O2. The van der Waals surface area contributed by atoms with E-state index in [1.54, 1.807) is 0 Å². The van der Waals surface area contributed by atoms with E-state index in [-0.39, 0.29) is 17.9 Å². The number of hydrazone groups is 1. The van der Waals surface area contributed by atoms with E-state index in [1.165, 1.54) is 0 Å². The zero-order chi connectivity index (χ0) is 14.5. The smallest absolute Gasteiger partial charge is 0.267 e. The second kappa shape index (κ2) is 6.65. The van der Waals surface area contributed by atoms with Crippen LogP contribution in [0.25, 0.3) is 0 Å². The minimum atomic E-state index is -0.222. The predicted octanol–water partition coefficient (Wildman–Crippen LogP) is 2.28. The normalized spacial score (nSPS) is 16.1. The molecule has 0 aliphatic carbocycles. The summed E-state index contributed by atoms with van der Waals surface area (Å²) in [5, 5.41) is 6.75. The molecule has 0 saturated heterocycles. The molecule has 2 amide bonds. The van der Waals surface area contributed by atoms with Crippen molar-refractivity contribution >= 4 is 33.5 Å². The highest BCUT2D eigenvalue weighted by Crippen LogP contribution is 2.19. The molecule has 0 saturated carbocycles. The molecule has 0 aromatic heterocycles. The Hall–Kier alpha value is -1.69. The van der Waals surface area contributed by atoms with Gasteiger partial charge in [-0.1, -0.05) is 35.0 Å². The molecule has 5 nitrogen and oxygen atoms in total. The van der Waals surface area contributed by atoms with Crippen molar-refractivity contribution in [2.24, 2.45) is 5.10 Å². The van der Waals surface area contributed by atoms with Gasteiger partial charge in [-0.3, -0.25) is 9.59 Å². The third-order valence-corrected chi connectivity index (χ3v) is 3.68. The van der Waals surface area contributed by atoms with Crippen LogP contribution in [0.3, 0.4) is 0 Å². The highest BCUT2D eigenvalue weighted by atomic mass is 79.9. The molecule has 20 heavy (non-hydrogen) atoms. The number of carbonyl (C=O) groups excluding carboxylic acids is 2. The highest BCUT2D eigenvalue weighted by molar-refractivity contribution is 9.10. The number of nitrogens with zero attached hydrogens (tertiary/aromatic N) is 1.